The zero-order chi connectivity index (χ0) is 11.4. The molecule has 0 bridgehead atoms. The van der Waals surface area contributed by atoms with Crippen molar-refractivity contribution < 1.29 is 9.94 Å². The highest BCUT2D eigenvalue weighted by Crippen LogP contribution is 2.26. The first-order valence-electron chi connectivity index (χ1n) is 5.18. The quantitative estimate of drug-likeness (QED) is 0.485. The molecule has 0 saturated heterocycles. The van der Waals surface area contributed by atoms with E-state index >= 15 is 0 Å². The molecular weight excluding hydrogens is 202 g/mol. The Balaban J connectivity index is 2.68. The molecule has 0 aliphatic heterocycles. The Bertz CT molecular complexity index is 520. The maximum atomic E-state index is 8.69. The minimum absolute atomic E-state index is 0.588. The summed E-state index contributed by atoms with van der Waals surface area (Å²) in [5, 5.41) is 13.9. The zero-order valence-corrected chi connectivity index (χ0v) is 9.05. The van der Waals surface area contributed by atoms with Gasteiger partial charge in [-0.05, 0) is 23.8 Å². The smallest absolute Gasteiger partial charge is 0.128 e. The average molecular weight is 215 g/mol. The van der Waals surface area contributed by atoms with E-state index in [1.807, 2.05) is 43.3 Å². The Morgan fingerprint density at radius 1 is 1.25 bits per heavy atom. The Hall–Kier alpha value is -2.03. The second kappa shape index (κ2) is 4.66. The number of benzene rings is 2. The minimum atomic E-state index is 0.588. The summed E-state index contributed by atoms with van der Waals surface area (Å²) >= 11 is 0. The monoisotopic (exact) mass is 215 g/mol. The summed E-state index contributed by atoms with van der Waals surface area (Å²) in [4.78, 5) is 0. The van der Waals surface area contributed by atoms with Crippen LogP contribution in [-0.2, 0) is 0 Å². The summed E-state index contributed by atoms with van der Waals surface area (Å²) in [5.41, 5.74) is 0.808. The van der Waals surface area contributed by atoms with Crippen LogP contribution in [0.2, 0.25) is 0 Å². The molecule has 0 aliphatic carbocycles. The second-order valence-corrected chi connectivity index (χ2v) is 3.38. The molecule has 0 amide bonds. The molecule has 0 heterocycles. The van der Waals surface area contributed by atoms with Crippen molar-refractivity contribution in [1.29, 1.82) is 0 Å². The van der Waals surface area contributed by atoms with Crippen LogP contribution >= 0.6 is 0 Å². The van der Waals surface area contributed by atoms with E-state index in [0.717, 1.165) is 22.1 Å². The number of ether oxygens (including phenoxy) is 1. The third-order valence-electron chi connectivity index (χ3n) is 2.42. The highest BCUT2D eigenvalue weighted by atomic mass is 16.5. The van der Waals surface area contributed by atoms with Crippen LogP contribution in [-0.4, -0.2) is 18.0 Å². The van der Waals surface area contributed by atoms with Gasteiger partial charge in [-0.15, -0.1) is 0 Å². The first kappa shape index (κ1) is 10.5. The number of hydrogen-bond donors (Lipinski definition) is 1. The molecule has 0 spiro atoms. The van der Waals surface area contributed by atoms with Crippen molar-refractivity contribution >= 4 is 17.0 Å². The highest BCUT2D eigenvalue weighted by Gasteiger charge is 2.06. The van der Waals surface area contributed by atoms with E-state index in [9.17, 15) is 0 Å². The molecule has 82 valence electrons. The van der Waals surface area contributed by atoms with Gasteiger partial charge in [0.15, 0.2) is 0 Å². The van der Waals surface area contributed by atoms with E-state index in [-0.39, 0.29) is 0 Å². The van der Waals surface area contributed by atoms with E-state index in [0.29, 0.717) is 6.61 Å². The topological polar surface area (TPSA) is 41.8 Å². The van der Waals surface area contributed by atoms with Gasteiger partial charge in [0.05, 0.1) is 12.8 Å². The molecule has 16 heavy (non-hydrogen) atoms. The fourth-order valence-electron chi connectivity index (χ4n) is 1.75. The number of rotatable bonds is 3. The minimum Gasteiger partial charge on any atom is -0.493 e. The molecule has 3 nitrogen and oxygen atoms in total. The summed E-state index contributed by atoms with van der Waals surface area (Å²) in [6.45, 7) is 2.51. The van der Waals surface area contributed by atoms with Crippen molar-refractivity contribution in [3.05, 3.63) is 42.0 Å². The van der Waals surface area contributed by atoms with E-state index in [1.54, 1.807) is 0 Å². The fourth-order valence-corrected chi connectivity index (χ4v) is 1.75. The maximum Gasteiger partial charge on any atom is 0.128 e. The molecule has 0 radical (unpaired) electrons. The van der Waals surface area contributed by atoms with Crippen LogP contribution in [0.3, 0.4) is 0 Å². The third-order valence-corrected chi connectivity index (χ3v) is 2.42. The molecule has 2 rings (SSSR count). The SMILES string of the molecule is CCOc1ccc2ccccc2c1/C=N\O. The van der Waals surface area contributed by atoms with Gasteiger partial charge in [0, 0.05) is 5.56 Å². The average Bonchev–Trinajstić information content (AvgIpc) is 2.32. The first-order valence-corrected chi connectivity index (χ1v) is 5.18. The molecule has 2 aromatic rings. The Labute approximate surface area is 94.0 Å². The summed E-state index contributed by atoms with van der Waals surface area (Å²) in [7, 11) is 0. The van der Waals surface area contributed by atoms with Crippen LogP contribution < -0.4 is 4.74 Å². The largest absolute Gasteiger partial charge is 0.493 e. The molecule has 2 aromatic carbocycles. The van der Waals surface area contributed by atoms with E-state index in [4.69, 9.17) is 9.94 Å². The molecule has 0 fully saturated rings. The maximum absolute atomic E-state index is 8.69. The van der Waals surface area contributed by atoms with Gasteiger partial charge in [0.2, 0.25) is 0 Å². The summed E-state index contributed by atoms with van der Waals surface area (Å²) in [6.07, 6.45) is 1.41. The predicted octanol–water partition coefficient (Wildman–Crippen LogP) is 3.05. The van der Waals surface area contributed by atoms with Crippen LogP contribution in [0.25, 0.3) is 10.8 Å². The van der Waals surface area contributed by atoms with Crippen LogP contribution in [0.15, 0.2) is 41.6 Å². The summed E-state index contributed by atoms with van der Waals surface area (Å²) < 4.78 is 5.50. The third kappa shape index (κ3) is 1.84. The number of fused-ring (bicyclic) bond motifs is 1. The number of oxime groups is 1. The standard InChI is InChI=1S/C13H13NO2/c1-2-16-13-8-7-10-5-3-4-6-11(10)12(13)9-14-15/h3-9,15H,2H2,1H3/b14-9-. The second-order valence-electron chi connectivity index (χ2n) is 3.38. The van der Waals surface area contributed by atoms with Crippen LogP contribution in [0.5, 0.6) is 5.75 Å². The van der Waals surface area contributed by atoms with Crippen molar-refractivity contribution in [2.45, 2.75) is 6.92 Å². The van der Waals surface area contributed by atoms with Gasteiger partial charge in [-0.2, -0.15) is 0 Å². The van der Waals surface area contributed by atoms with E-state index in [2.05, 4.69) is 5.16 Å². The highest BCUT2D eigenvalue weighted by molar-refractivity contribution is 6.02. The predicted molar refractivity (Wildman–Crippen MR) is 64.5 cm³/mol. The van der Waals surface area contributed by atoms with Crippen molar-refractivity contribution in [3.8, 4) is 5.75 Å². The lowest BCUT2D eigenvalue weighted by Gasteiger charge is -2.09. The Kier molecular flexibility index (Phi) is 3.05. The van der Waals surface area contributed by atoms with Gasteiger partial charge >= 0.3 is 0 Å². The normalized spacial score (nSPS) is 11.1. The molecule has 0 unspecified atom stereocenters. The number of nitrogens with zero attached hydrogens (tertiary/aromatic N) is 1. The van der Waals surface area contributed by atoms with Crippen molar-refractivity contribution in [2.24, 2.45) is 5.16 Å². The molecule has 0 aliphatic rings. The van der Waals surface area contributed by atoms with E-state index in [1.165, 1.54) is 6.21 Å². The fraction of sp³-hybridized carbons (Fsp3) is 0.154. The van der Waals surface area contributed by atoms with E-state index < -0.39 is 0 Å². The van der Waals surface area contributed by atoms with Crippen molar-refractivity contribution in [1.82, 2.24) is 0 Å². The van der Waals surface area contributed by atoms with Gasteiger partial charge in [0.25, 0.3) is 0 Å². The molecule has 1 N–H and O–H groups in total. The Morgan fingerprint density at radius 2 is 2.06 bits per heavy atom. The molecular formula is C13H13NO2. The van der Waals surface area contributed by atoms with Gasteiger partial charge < -0.3 is 9.94 Å². The molecule has 0 atom stereocenters. The van der Waals surface area contributed by atoms with Crippen LogP contribution in [0.1, 0.15) is 12.5 Å². The molecule has 0 aromatic heterocycles. The van der Waals surface area contributed by atoms with Gasteiger partial charge in [0.1, 0.15) is 5.75 Å². The Morgan fingerprint density at radius 3 is 2.81 bits per heavy atom. The lowest BCUT2D eigenvalue weighted by Crippen LogP contribution is -1.97. The van der Waals surface area contributed by atoms with Crippen LogP contribution in [0.4, 0.5) is 0 Å². The van der Waals surface area contributed by atoms with Crippen LogP contribution in [0, 0.1) is 0 Å². The lowest BCUT2D eigenvalue weighted by atomic mass is 10.0. The lowest BCUT2D eigenvalue weighted by molar-refractivity contribution is 0.320. The van der Waals surface area contributed by atoms with Crippen molar-refractivity contribution in [3.63, 3.8) is 0 Å². The van der Waals surface area contributed by atoms with Gasteiger partial charge in [-0.25, -0.2) is 0 Å². The summed E-state index contributed by atoms with van der Waals surface area (Å²) in [6, 6.07) is 11.8. The molecule has 0 saturated carbocycles. The molecule has 3 heteroatoms. The van der Waals surface area contributed by atoms with Crippen molar-refractivity contribution in [2.75, 3.05) is 6.61 Å². The van der Waals surface area contributed by atoms with Gasteiger partial charge in [-0.3, -0.25) is 0 Å². The van der Waals surface area contributed by atoms with Gasteiger partial charge in [-0.1, -0.05) is 35.5 Å². The zero-order valence-electron chi connectivity index (χ0n) is 9.05. The number of hydrogen-bond acceptors (Lipinski definition) is 3. The summed E-state index contributed by atoms with van der Waals surface area (Å²) in [5.74, 6) is 0.735. The first-order chi connectivity index (χ1) is 7.86.